The van der Waals surface area contributed by atoms with Crippen LogP contribution in [0.4, 0.5) is 5.82 Å². The third kappa shape index (κ3) is 4.87. The van der Waals surface area contributed by atoms with Gasteiger partial charge in [0.2, 0.25) is 0 Å². The number of ether oxygens (including phenoxy) is 1. The highest BCUT2D eigenvalue weighted by molar-refractivity contribution is 6.83. The average molecular weight is 532 g/mol. The zero-order chi connectivity index (χ0) is 27.1. The third-order valence-corrected chi connectivity index (χ3v) is 7.51. The van der Waals surface area contributed by atoms with Crippen molar-refractivity contribution in [2.45, 2.75) is 46.0 Å². The Bertz CT molecular complexity index is 1780. The molecule has 0 atom stereocenters. The van der Waals surface area contributed by atoms with Crippen molar-refractivity contribution in [2.24, 2.45) is 0 Å². The molecule has 0 radical (unpaired) electrons. The highest BCUT2D eigenvalue weighted by Gasteiger charge is 2.27. The largest absolute Gasteiger partial charge is 0.424 e. The van der Waals surface area contributed by atoms with Crippen LogP contribution < -0.4 is 10.5 Å². The second-order valence-corrected chi connectivity index (χ2v) is 15.5. The summed E-state index contributed by atoms with van der Waals surface area (Å²) >= 11 is 0. The SMILES string of the molecule is Cc1ccnc(Oc2ccc(-c3c4n(c5ncnc(N)c35)CCCc3cc(C#C[Si](C)(C)C)ncc3-4)cc2)n1. The molecule has 0 fully saturated rings. The van der Waals surface area contributed by atoms with E-state index in [1.165, 1.54) is 11.9 Å². The Hall–Kier alpha value is -4.55. The Labute approximate surface area is 228 Å². The monoisotopic (exact) mass is 531 g/mol. The first-order valence-electron chi connectivity index (χ1n) is 13.0. The van der Waals surface area contributed by atoms with E-state index >= 15 is 0 Å². The van der Waals surface area contributed by atoms with Crippen LogP contribution in [0.1, 0.15) is 23.4 Å². The van der Waals surface area contributed by atoms with Crippen molar-refractivity contribution in [3.63, 3.8) is 0 Å². The number of hydrogen-bond donors (Lipinski definition) is 1. The molecule has 9 heteroatoms. The number of pyridine rings is 1. The molecule has 0 bridgehead atoms. The van der Waals surface area contributed by atoms with Gasteiger partial charge in [0.25, 0.3) is 0 Å². The van der Waals surface area contributed by atoms with E-state index in [0.717, 1.165) is 64.2 Å². The van der Waals surface area contributed by atoms with Gasteiger partial charge in [0.05, 0.1) is 11.1 Å². The van der Waals surface area contributed by atoms with Gasteiger partial charge in [-0.3, -0.25) is 0 Å². The van der Waals surface area contributed by atoms with Crippen LogP contribution in [0, 0.1) is 18.4 Å². The Balaban J connectivity index is 1.50. The summed E-state index contributed by atoms with van der Waals surface area (Å²) in [7, 11) is -1.51. The molecule has 4 aromatic heterocycles. The van der Waals surface area contributed by atoms with Gasteiger partial charge in [-0.05, 0) is 55.2 Å². The lowest BCUT2D eigenvalue weighted by molar-refractivity contribution is 0.440. The van der Waals surface area contributed by atoms with Gasteiger partial charge in [0.1, 0.15) is 37.3 Å². The van der Waals surface area contributed by atoms with Crippen molar-refractivity contribution in [1.29, 1.82) is 0 Å². The van der Waals surface area contributed by atoms with Crippen LogP contribution >= 0.6 is 0 Å². The van der Waals surface area contributed by atoms with E-state index in [9.17, 15) is 0 Å². The fraction of sp³-hybridized carbons (Fsp3) is 0.233. The van der Waals surface area contributed by atoms with Gasteiger partial charge in [0.15, 0.2) is 0 Å². The van der Waals surface area contributed by atoms with Crippen LogP contribution in [-0.4, -0.2) is 37.6 Å². The third-order valence-electron chi connectivity index (χ3n) is 6.63. The highest BCUT2D eigenvalue weighted by Crippen LogP contribution is 2.44. The van der Waals surface area contributed by atoms with Gasteiger partial charge in [-0.25, -0.2) is 24.9 Å². The molecular formula is C30H29N7OSi. The van der Waals surface area contributed by atoms with Crippen LogP contribution in [0.2, 0.25) is 19.6 Å². The van der Waals surface area contributed by atoms with Crippen LogP contribution in [0.3, 0.4) is 0 Å². The van der Waals surface area contributed by atoms with Gasteiger partial charge in [0, 0.05) is 35.8 Å². The Morgan fingerprint density at radius 2 is 1.85 bits per heavy atom. The van der Waals surface area contributed by atoms with Gasteiger partial charge in [-0.1, -0.05) is 37.7 Å². The molecule has 8 nitrogen and oxygen atoms in total. The van der Waals surface area contributed by atoms with Gasteiger partial charge in [-0.15, -0.1) is 5.54 Å². The summed E-state index contributed by atoms with van der Waals surface area (Å²) in [6.07, 6.45) is 7.09. The molecule has 5 heterocycles. The molecular weight excluding hydrogens is 502 g/mol. The molecule has 0 amide bonds. The smallest absolute Gasteiger partial charge is 0.322 e. The Morgan fingerprint density at radius 1 is 1.03 bits per heavy atom. The number of aryl methyl sites for hydroxylation is 3. The highest BCUT2D eigenvalue weighted by atomic mass is 28.3. The summed E-state index contributed by atoms with van der Waals surface area (Å²) in [6.45, 7) is 9.44. The van der Waals surface area contributed by atoms with E-state index in [1.807, 2.05) is 43.5 Å². The maximum atomic E-state index is 6.48. The minimum Gasteiger partial charge on any atom is -0.424 e. The molecule has 0 saturated carbocycles. The van der Waals surface area contributed by atoms with Crippen molar-refractivity contribution in [1.82, 2.24) is 29.5 Å². The number of benzene rings is 1. The maximum absolute atomic E-state index is 6.48. The van der Waals surface area contributed by atoms with E-state index in [2.05, 4.69) is 61.7 Å². The first-order valence-corrected chi connectivity index (χ1v) is 16.5. The molecule has 194 valence electrons. The Kier molecular flexibility index (Phi) is 6.12. The molecule has 1 aliphatic rings. The fourth-order valence-electron chi connectivity index (χ4n) is 4.91. The predicted octanol–water partition coefficient (Wildman–Crippen LogP) is 5.81. The topological polar surface area (TPSA) is 105 Å². The van der Waals surface area contributed by atoms with Gasteiger partial charge >= 0.3 is 6.01 Å². The summed E-state index contributed by atoms with van der Waals surface area (Å²) in [5.41, 5.74) is 17.8. The van der Waals surface area contributed by atoms with Gasteiger partial charge in [-0.2, -0.15) is 0 Å². The molecule has 0 saturated heterocycles. The molecule has 2 N–H and O–H groups in total. The van der Waals surface area contributed by atoms with Gasteiger partial charge < -0.3 is 15.0 Å². The predicted molar refractivity (Wildman–Crippen MR) is 156 cm³/mol. The van der Waals surface area contributed by atoms with Crippen LogP contribution in [0.15, 0.2) is 55.1 Å². The number of nitrogens with zero attached hydrogens (tertiary/aromatic N) is 6. The average Bonchev–Trinajstić information content (AvgIpc) is 3.11. The van der Waals surface area contributed by atoms with E-state index in [1.54, 1.807) is 6.20 Å². The minimum atomic E-state index is -1.51. The molecule has 0 aliphatic carbocycles. The van der Waals surface area contributed by atoms with Crippen LogP contribution in [0.25, 0.3) is 33.4 Å². The summed E-state index contributed by atoms with van der Waals surface area (Å²) < 4.78 is 8.15. The molecule has 0 spiro atoms. The van der Waals surface area contributed by atoms with Crippen molar-refractivity contribution in [2.75, 3.05) is 5.73 Å². The normalized spacial score (nSPS) is 12.7. The number of fused-ring (bicyclic) bond motifs is 5. The summed E-state index contributed by atoms with van der Waals surface area (Å²) in [4.78, 5) is 22.3. The summed E-state index contributed by atoms with van der Waals surface area (Å²) in [6, 6.07) is 12.2. The zero-order valence-corrected chi connectivity index (χ0v) is 23.5. The van der Waals surface area contributed by atoms with Crippen LogP contribution in [-0.2, 0) is 13.0 Å². The van der Waals surface area contributed by atoms with Crippen molar-refractivity contribution in [3.8, 4) is 45.6 Å². The lowest BCUT2D eigenvalue weighted by atomic mass is 9.96. The van der Waals surface area contributed by atoms with Crippen molar-refractivity contribution >= 4 is 24.9 Å². The second kappa shape index (κ2) is 9.64. The van der Waals surface area contributed by atoms with E-state index in [4.69, 9.17) is 15.5 Å². The number of rotatable bonds is 3. The van der Waals surface area contributed by atoms with E-state index in [0.29, 0.717) is 17.6 Å². The number of nitrogen functional groups attached to an aromatic ring is 1. The molecule has 1 aliphatic heterocycles. The zero-order valence-electron chi connectivity index (χ0n) is 22.5. The number of anilines is 1. The quantitative estimate of drug-likeness (QED) is 0.231. The lowest BCUT2D eigenvalue weighted by Crippen LogP contribution is -2.16. The minimum absolute atomic E-state index is 0.316. The lowest BCUT2D eigenvalue weighted by Gasteiger charge is -2.12. The molecule has 6 rings (SSSR count). The number of nitrogens with two attached hydrogens (primary N) is 1. The fourth-order valence-corrected chi connectivity index (χ4v) is 5.41. The Morgan fingerprint density at radius 3 is 2.62 bits per heavy atom. The molecule has 0 unspecified atom stereocenters. The maximum Gasteiger partial charge on any atom is 0.322 e. The van der Waals surface area contributed by atoms with Crippen molar-refractivity contribution in [3.05, 3.63) is 72.1 Å². The first kappa shape index (κ1) is 24.8. The molecule has 39 heavy (non-hydrogen) atoms. The summed E-state index contributed by atoms with van der Waals surface area (Å²) in [5, 5.41) is 0.846. The molecule has 1 aromatic carbocycles. The summed E-state index contributed by atoms with van der Waals surface area (Å²) in [5.74, 6) is 4.42. The van der Waals surface area contributed by atoms with Crippen LogP contribution in [0.5, 0.6) is 11.8 Å². The van der Waals surface area contributed by atoms with Crippen molar-refractivity contribution < 1.29 is 4.74 Å². The van der Waals surface area contributed by atoms with E-state index < -0.39 is 8.07 Å². The number of aromatic nitrogens is 6. The van der Waals surface area contributed by atoms with E-state index in [-0.39, 0.29) is 0 Å². The standard InChI is InChI=1S/C30H29N7OSi/c1-19-11-13-32-30(36-19)38-23-9-7-20(8-10-23)25-26-28(31)34-18-35-29(26)37-14-5-6-21-16-22(12-15-39(2,3)4)33-17-24(21)27(25)37/h7-11,13,16-18H,5-6,14H2,1-4H3,(H2,31,34,35). The molecule has 5 aromatic rings. The second-order valence-electron chi connectivity index (χ2n) is 10.8. The first-order chi connectivity index (χ1) is 18.8. The number of hydrogen-bond acceptors (Lipinski definition) is 7.